The number of rotatable bonds is 8. The summed E-state index contributed by atoms with van der Waals surface area (Å²) in [5.41, 5.74) is 0. The minimum Gasteiger partial charge on any atom is -0.383 e. The molecule has 0 aromatic heterocycles. The van der Waals surface area contributed by atoms with Crippen molar-refractivity contribution in [3.63, 3.8) is 0 Å². The van der Waals surface area contributed by atoms with Crippen LogP contribution in [-0.4, -0.2) is 57.1 Å². The molecule has 0 spiro atoms. The first kappa shape index (κ1) is 17.1. The van der Waals surface area contributed by atoms with E-state index in [1.807, 2.05) is 6.92 Å². The van der Waals surface area contributed by atoms with E-state index >= 15 is 0 Å². The molecule has 0 bridgehead atoms. The molecular weight excluding hydrogens is 254 g/mol. The summed E-state index contributed by atoms with van der Waals surface area (Å²) in [4.78, 5) is 11.6. The highest BCUT2D eigenvalue weighted by Crippen LogP contribution is 1.86. The van der Waals surface area contributed by atoms with Crippen molar-refractivity contribution >= 4 is 23.2 Å². The fourth-order valence-corrected chi connectivity index (χ4v) is 1.63. The van der Waals surface area contributed by atoms with Crippen LogP contribution in [0.4, 0.5) is 0 Å². The number of methoxy groups -OCH3 is 2. The summed E-state index contributed by atoms with van der Waals surface area (Å²) in [5, 5.41) is 9.10. The first-order valence-corrected chi connectivity index (χ1v) is 6.24. The van der Waals surface area contributed by atoms with Gasteiger partial charge >= 0.3 is 0 Å². The summed E-state index contributed by atoms with van der Waals surface area (Å²) in [6, 6.07) is -0.296. The Labute approximate surface area is 114 Å². The van der Waals surface area contributed by atoms with Gasteiger partial charge in [-0.15, -0.1) is 0 Å². The highest BCUT2D eigenvalue weighted by molar-refractivity contribution is 7.80. The zero-order valence-corrected chi connectivity index (χ0v) is 12.2. The molecule has 0 saturated heterocycles. The van der Waals surface area contributed by atoms with Crippen LogP contribution in [-0.2, 0) is 14.3 Å². The molecule has 2 unspecified atom stereocenters. The predicted octanol–water partition coefficient (Wildman–Crippen LogP) is -0.363. The van der Waals surface area contributed by atoms with Gasteiger partial charge in [0, 0.05) is 26.8 Å². The van der Waals surface area contributed by atoms with Crippen LogP contribution in [0.3, 0.4) is 0 Å². The predicted molar refractivity (Wildman–Crippen MR) is 74.6 cm³/mol. The molecule has 0 fully saturated rings. The number of nitrogens with one attached hydrogen (secondary N) is 3. The van der Waals surface area contributed by atoms with Gasteiger partial charge in [-0.1, -0.05) is 0 Å². The van der Waals surface area contributed by atoms with Crippen molar-refractivity contribution in [2.24, 2.45) is 0 Å². The number of hydrogen-bond donors (Lipinski definition) is 3. The van der Waals surface area contributed by atoms with Crippen molar-refractivity contribution in [2.45, 2.75) is 25.9 Å². The number of ether oxygens (including phenoxy) is 2. The van der Waals surface area contributed by atoms with Crippen molar-refractivity contribution in [2.75, 3.05) is 34.0 Å². The second-order valence-corrected chi connectivity index (χ2v) is 4.39. The highest BCUT2D eigenvalue weighted by Gasteiger charge is 2.13. The van der Waals surface area contributed by atoms with Gasteiger partial charge in [-0.25, -0.2) is 0 Å². The second-order valence-electron chi connectivity index (χ2n) is 3.98. The summed E-state index contributed by atoms with van der Waals surface area (Å²) in [7, 11) is 3.21. The van der Waals surface area contributed by atoms with Gasteiger partial charge in [-0.2, -0.15) is 0 Å². The molecule has 1 amide bonds. The van der Waals surface area contributed by atoms with Crippen molar-refractivity contribution in [1.29, 1.82) is 0 Å². The van der Waals surface area contributed by atoms with E-state index in [1.54, 1.807) is 21.1 Å². The monoisotopic (exact) mass is 277 g/mol. The van der Waals surface area contributed by atoms with Crippen LogP contribution < -0.4 is 16.0 Å². The van der Waals surface area contributed by atoms with Crippen molar-refractivity contribution < 1.29 is 14.3 Å². The Kier molecular flexibility index (Phi) is 9.53. The third kappa shape index (κ3) is 8.21. The average molecular weight is 277 g/mol. The van der Waals surface area contributed by atoms with Gasteiger partial charge in [-0.3, -0.25) is 4.79 Å². The molecule has 0 saturated carbocycles. The minimum atomic E-state index is -0.392. The lowest BCUT2D eigenvalue weighted by Crippen LogP contribution is -2.51. The van der Waals surface area contributed by atoms with E-state index in [-0.39, 0.29) is 11.9 Å². The lowest BCUT2D eigenvalue weighted by molar-refractivity contribution is -0.122. The third-order valence-electron chi connectivity index (χ3n) is 2.14. The maximum absolute atomic E-state index is 11.6. The maximum atomic E-state index is 11.6. The van der Waals surface area contributed by atoms with Gasteiger partial charge in [-0.05, 0) is 26.1 Å². The van der Waals surface area contributed by atoms with Crippen LogP contribution in [0.5, 0.6) is 0 Å². The molecule has 3 N–H and O–H groups in total. The van der Waals surface area contributed by atoms with E-state index in [0.29, 0.717) is 24.9 Å². The Bertz CT molecular complexity index is 264. The van der Waals surface area contributed by atoms with Crippen LogP contribution >= 0.6 is 12.2 Å². The second kappa shape index (κ2) is 10.0. The van der Waals surface area contributed by atoms with Crippen molar-refractivity contribution in [1.82, 2.24) is 16.0 Å². The molecule has 0 radical (unpaired) electrons. The summed E-state index contributed by atoms with van der Waals surface area (Å²) >= 11 is 5.09. The Morgan fingerprint density at radius 2 is 1.89 bits per heavy atom. The topological polar surface area (TPSA) is 71.6 Å². The Morgan fingerprint density at radius 1 is 1.22 bits per heavy atom. The maximum Gasteiger partial charge on any atom is 0.242 e. The molecule has 6 nitrogen and oxygen atoms in total. The zero-order valence-electron chi connectivity index (χ0n) is 11.4. The number of carbonyl (C=O) groups excluding carboxylic acids is 1. The smallest absolute Gasteiger partial charge is 0.242 e. The molecule has 18 heavy (non-hydrogen) atoms. The standard InChI is InChI=1S/C11H23N3O3S/c1-8(7-17-4)13-11(18)14-9(2)10(15)12-5-6-16-3/h8-9H,5-7H2,1-4H3,(H,12,15)(H2,13,14,18). The highest BCUT2D eigenvalue weighted by atomic mass is 32.1. The Morgan fingerprint density at radius 3 is 2.44 bits per heavy atom. The summed E-state index contributed by atoms with van der Waals surface area (Å²) < 4.78 is 9.82. The first-order chi connectivity index (χ1) is 8.51. The molecule has 7 heteroatoms. The largest absolute Gasteiger partial charge is 0.383 e. The van der Waals surface area contributed by atoms with Crippen LogP contribution in [0, 0.1) is 0 Å². The van der Waals surface area contributed by atoms with E-state index < -0.39 is 6.04 Å². The molecule has 106 valence electrons. The van der Waals surface area contributed by atoms with Gasteiger partial charge in [0.05, 0.1) is 13.2 Å². The molecule has 0 rings (SSSR count). The Hall–Kier alpha value is -0.920. The zero-order chi connectivity index (χ0) is 14.0. The normalized spacial score (nSPS) is 13.6. The number of hydrogen-bond acceptors (Lipinski definition) is 4. The average Bonchev–Trinajstić information content (AvgIpc) is 2.28. The summed E-state index contributed by atoms with van der Waals surface area (Å²) in [5.74, 6) is -0.115. The molecule has 0 aliphatic rings. The van der Waals surface area contributed by atoms with E-state index in [9.17, 15) is 4.79 Å². The van der Waals surface area contributed by atoms with Gasteiger partial charge in [0.1, 0.15) is 6.04 Å². The molecule has 2 atom stereocenters. The number of thiocarbonyl (C=S) groups is 1. The summed E-state index contributed by atoms with van der Waals surface area (Å²) in [6.07, 6.45) is 0. The van der Waals surface area contributed by atoms with Gasteiger partial charge in [0.2, 0.25) is 5.91 Å². The fraction of sp³-hybridized carbons (Fsp3) is 0.818. The third-order valence-corrected chi connectivity index (χ3v) is 2.38. The van der Waals surface area contributed by atoms with Crippen LogP contribution in [0.1, 0.15) is 13.8 Å². The van der Waals surface area contributed by atoms with Crippen molar-refractivity contribution in [3.8, 4) is 0 Å². The molecule has 0 heterocycles. The lowest BCUT2D eigenvalue weighted by Gasteiger charge is -2.19. The van der Waals surface area contributed by atoms with Gasteiger partial charge in [0.25, 0.3) is 0 Å². The lowest BCUT2D eigenvalue weighted by atomic mass is 10.3. The quantitative estimate of drug-likeness (QED) is 0.416. The fourth-order valence-electron chi connectivity index (χ4n) is 1.25. The van der Waals surface area contributed by atoms with Gasteiger partial charge in [0.15, 0.2) is 5.11 Å². The SMILES string of the molecule is COCCNC(=O)C(C)NC(=S)NC(C)COC. The minimum absolute atomic E-state index is 0.0961. The van der Waals surface area contributed by atoms with Crippen LogP contribution in [0.25, 0.3) is 0 Å². The van der Waals surface area contributed by atoms with E-state index in [0.717, 1.165) is 0 Å². The van der Waals surface area contributed by atoms with E-state index in [4.69, 9.17) is 21.7 Å². The van der Waals surface area contributed by atoms with Crippen LogP contribution in [0.2, 0.25) is 0 Å². The first-order valence-electron chi connectivity index (χ1n) is 5.83. The molecule has 0 aromatic rings. The summed E-state index contributed by atoms with van der Waals surface area (Å²) in [6.45, 7) is 5.22. The molecule has 0 aliphatic heterocycles. The van der Waals surface area contributed by atoms with E-state index in [2.05, 4.69) is 16.0 Å². The molecule has 0 aliphatic carbocycles. The Balaban J connectivity index is 3.87. The molecule has 0 aromatic carbocycles. The number of amides is 1. The molecular formula is C11H23N3O3S. The van der Waals surface area contributed by atoms with Crippen molar-refractivity contribution in [3.05, 3.63) is 0 Å². The van der Waals surface area contributed by atoms with Crippen LogP contribution in [0.15, 0.2) is 0 Å². The van der Waals surface area contributed by atoms with Gasteiger partial charge < -0.3 is 25.4 Å². The van der Waals surface area contributed by atoms with E-state index in [1.165, 1.54) is 0 Å². The number of carbonyl (C=O) groups is 1.